The molecule has 2 atom stereocenters. The zero-order chi connectivity index (χ0) is 14.5. The number of aliphatic hydroxyl groups excluding tert-OH is 1. The van der Waals surface area contributed by atoms with E-state index in [-0.39, 0.29) is 6.04 Å². The van der Waals surface area contributed by atoms with Crippen molar-refractivity contribution in [2.24, 2.45) is 0 Å². The maximum absolute atomic E-state index is 10.1. The molecule has 5 nitrogen and oxygen atoms in total. The second-order valence-corrected chi connectivity index (χ2v) is 5.38. The minimum absolute atomic E-state index is 0.0404. The molecular weight excluding hydrogens is 252 g/mol. The number of anilines is 1. The number of nitrogen functional groups attached to an aromatic ring is 1. The van der Waals surface area contributed by atoms with Crippen LogP contribution in [0.1, 0.15) is 52.0 Å². The molecule has 0 aliphatic carbocycles. The summed E-state index contributed by atoms with van der Waals surface area (Å²) in [5, 5.41) is 10.9. The second kappa shape index (κ2) is 6.70. The van der Waals surface area contributed by atoms with Crippen LogP contribution in [-0.4, -0.2) is 25.7 Å². The Kier molecular flexibility index (Phi) is 4.95. The Morgan fingerprint density at radius 1 is 1.30 bits per heavy atom. The van der Waals surface area contributed by atoms with Gasteiger partial charge in [-0.1, -0.05) is 32.6 Å². The van der Waals surface area contributed by atoms with E-state index in [0.717, 1.165) is 23.9 Å². The summed E-state index contributed by atoms with van der Waals surface area (Å²) in [5.41, 5.74) is 6.66. The van der Waals surface area contributed by atoms with E-state index in [2.05, 4.69) is 16.9 Å². The van der Waals surface area contributed by atoms with Gasteiger partial charge in [0.15, 0.2) is 0 Å². The van der Waals surface area contributed by atoms with Crippen LogP contribution in [0.3, 0.4) is 0 Å². The van der Waals surface area contributed by atoms with Crippen molar-refractivity contribution in [1.82, 2.24) is 14.5 Å². The number of rotatable bonds is 7. The van der Waals surface area contributed by atoms with Crippen molar-refractivity contribution in [3.8, 4) is 0 Å². The fourth-order valence-corrected chi connectivity index (χ4v) is 2.65. The SMILES string of the molecule is CCCCCC[C@@H](C(C)O)n1ccc2c(N)ncnc21. The van der Waals surface area contributed by atoms with Gasteiger partial charge < -0.3 is 15.4 Å². The van der Waals surface area contributed by atoms with Crippen molar-refractivity contribution in [1.29, 1.82) is 0 Å². The maximum Gasteiger partial charge on any atom is 0.145 e. The number of hydrogen-bond acceptors (Lipinski definition) is 4. The molecule has 0 fully saturated rings. The van der Waals surface area contributed by atoms with Crippen LogP contribution in [0.25, 0.3) is 11.0 Å². The summed E-state index contributed by atoms with van der Waals surface area (Å²) in [4.78, 5) is 8.31. The van der Waals surface area contributed by atoms with E-state index in [1.807, 2.05) is 23.8 Å². The highest BCUT2D eigenvalue weighted by Crippen LogP contribution is 2.27. The number of unbranched alkanes of at least 4 members (excludes halogenated alkanes) is 3. The minimum atomic E-state index is -0.414. The summed E-state index contributed by atoms with van der Waals surface area (Å²) in [6.45, 7) is 4.03. The second-order valence-electron chi connectivity index (χ2n) is 5.38. The molecule has 0 aromatic carbocycles. The number of hydrogen-bond donors (Lipinski definition) is 2. The van der Waals surface area contributed by atoms with Crippen LogP contribution in [0.2, 0.25) is 0 Å². The Morgan fingerprint density at radius 2 is 2.10 bits per heavy atom. The third-order valence-corrected chi connectivity index (χ3v) is 3.81. The van der Waals surface area contributed by atoms with Crippen molar-refractivity contribution >= 4 is 16.9 Å². The van der Waals surface area contributed by atoms with Crippen molar-refractivity contribution in [3.63, 3.8) is 0 Å². The first-order valence-electron chi connectivity index (χ1n) is 7.40. The Morgan fingerprint density at radius 3 is 2.80 bits per heavy atom. The topological polar surface area (TPSA) is 77.0 Å². The Bertz CT molecular complexity index is 550. The summed E-state index contributed by atoms with van der Waals surface area (Å²) >= 11 is 0. The van der Waals surface area contributed by atoms with Gasteiger partial charge >= 0.3 is 0 Å². The van der Waals surface area contributed by atoms with E-state index in [9.17, 15) is 5.11 Å². The molecule has 0 amide bonds. The predicted molar refractivity (Wildman–Crippen MR) is 81.4 cm³/mol. The number of aliphatic hydroxyl groups is 1. The smallest absolute Gasteiger partial charge is 0.145 e. The highest BCUT2D eigenvalue weighted by Gasteiger charge is 2.19. The molecule has 0 aliphatic rings. The van der Waals surface area contributed by atoms with E-state index < -0.39 is 6.10 Å². The number of fused-ring (bicyclic) bond motifs is 1. The molecule has 2 aromatic heterocycles. The Hall–Kier alpha value is -1.62. The van der Waals surface area contributed by atoms with Crippen molar-refractivity contribution in [2.45, 2.75) is 58.1 Å². The highest BCUT2D eigenvalue weighted by molar-refractivity contribution is 5.86. The van der Waals surface area contributed by atoms with E-state index in [1.165, 1.54) is 25.6 Å². The molecule has 0 saturated heterocycles. The summed E-state index contributed by atoms with van der Waals surface area (Å²) in [6.07, 6.45) is 8.75. The van der Waals surface area contributed by atoms with Crippen LogP contribution < -0.4 is 5.73 Å². The van der Waals surface area contributed by atoms with Crippen LogP contribution in [0.5, 0.6) is 0 Å². The molecular formula is C15H24N4O. The third kappa shape index (κ3) is 3.10. The van der Waals surface area contributed by atoms with Gasteiger partial charge in [-0.05, 0) is 19.4 Å². The lowest BCUT2D eigenvalue weighted by Crippen LogP contribution is -2.21. The number of nitrogens with zero attached hydrogens (tertiary/aromatic N) is 3. The van der Waals surface area contributed by atoms with E-state index in [1.54, 1.807) is 0 Å². The molecule has 0 spiro atoms. The third-order valence-electron chi connectivity index (χ3n) is 3.81. The summed E-state index contributed by atoms with van der Waals surface area (Å²) in [6, 6.07) is 1.96. The largest absolute Gasteiger partial charge is 0.391 e. The van der Waals surface area contributed by atoms with Gasteiger partial charge in [-0.3, -0.25) is 0 Å². The van der Waals surface area contributed by atoms with Gasteiger partial charge in [0.1, 0.15) is 17.8 Å². The maximum atomic E-state index is 10.1. The summed E-state index contributed by atoms with van der Waals surface area (Å²) < 4.78 is 2.03. The molecule has 2 heterocycles. The summed E-state index contributed by atoms with van der Waals surface area (Å²) in [5.74, 6) is 0.490. The Labute approximate surface area is 119 Å². The van der Waals surface area contributed by atoms with Crippen LogP contribution >= 0.6 is 0 Å². The molecule has 0 bridgehead atoms. The van der Waals surface area contributed by atoms with Gasteiger partial charge in [0.05, 0.1) is 17.5 Å². The first kappa shape index (κ1) is 14.8. The van der Waals surface area contributed by atoms with E-state index in [4.69, 9.17) is 5.73 Å². The lowest BCUT2D eigenvalue weighted by atomic mass is 10.0. The van der Waals surface area contributed by atoms with Gasteiger partial charge in [-0.2, -0.15) is 0 Å². The van der Waals surface area contributed by atoms with E-state index >= 15 is 0 Å². The molecule has 0 aliphatic heterocycles. The fraction of sp³-hybridized carbons (Fsp3) is 0.600. The zero-order valence-corrected chi connectivity index (χ0v) is 12.3. The molecule has 5 heteroatoms. The zero-order valence-electron chi connectivity index (χ0n) is 12.3. The number of aromatic nitrogens is 3. The summed E-state index contributed by atoms with van der Waals surface area (Å²) in [7, 11) is 0. The monoisotopic (exact) mass is 276 g/mol. The molecule has 20 heavy (non-hydrogen) atoms. The molecule has 110 valence electrons. The fourth-order valence-electron chi connectivity index (χ4n) is 2.65. The standard InChI is InChI=1S/C15H24N4O/c1-3-4-5-6-7-13(11(2)20)19-9-8-12-14(16)17-10-18-15(12)19/h8-11,13,20H,3-7H2,1-2H3,(H2,16,17,18)/t11?,13-/m0/s1. The van der Waals surface area contributed by atoms with Crippen LogP contribution in [0.15, 0.2) is 18.6 Å². The highest BCUT2D eigenvalue weighted by atomic mass is 16.3. The molecule has 0 saturated carbocycles. The first-order chi connectivity index (χ1) is 9.65. The van der Waals surface area contributed by atoms with E-state index in [0.29, 0.717) is 5.82 Å². The van der Waals surface area contributed by atoms with Crippen molar-refractivity contribution in [3.05, 3.63) is 18.6 Å². The van der Waals surface area contributed by atoms with Crippen molar-refractivity contribution in [2.75, 3.05) is 5.73 Å². The van der Waals surface area contributed by atoms with Crippen molar-refractivity contribution < 1.29 is 5.11 Å². The van der Waals surface area contributed by atoms with Crippen LogP contribution in [0.4, 0.5) is 5.82 Å². The minimum Gasteiger partial charge on any atom is -0.391 e. The molecule has 2 aromatic rings. The number of nitrogens with two attached hydrogens (primary N) is 1. The lowest BCUT2D eigenvalue weighted by molar-refractivity contribution is 0.125. The predicted octanol–water partition coefficient (Wildman–Crippen LogP) is 2.91. The Balaban J connectivity index is 2.21. The van der Waals surface area contributed by atoms with Gasteiger partial charge in [0, 0.05) is 6.20 Å². The average molecular weight is 276 g/mol. The average Bonchev–Trinajstić information content (AvgIpc) is 2.84. The lowest BCUT2D eigenvalue weighted by Gasteiger charge is -2.22. The van der Waals surface area contributed by atoms with Gasteiger partial charge in [-0.15, -0.1) is 0 Å². The van der Waals surface area contributed by atoms with Gasteiger partial charge in [0.2, 0.25) is 0 Å². The molecule has 3 N–H and O–H groups in total. The molecule has 2 rings (SSSR count). The quantitative estimate of drug-likeness (QED) is 0.762. The first-order valence-corrected chi connectivity index (χ1v) is 7.40. The van der Waals surface area contributed by atoms with Crippen LogP contribution in [-0.2, 0) is 0 Å². The normalized spacial score (nSPS) is 14.6. The molecule has 0 radical (unpaired) electrons. The van der Waals surface area contributed by atoms with Gasteiger partial charge in [-0.25, -0.2) is 9.97 Å². The van der Waals surface area contributed by atoms with Crippen LogP contribution in [0, 0.1) is 0 Å². The van der Waals surface area contributed by atoms with Gasteiger partial charge in [0.25, 0.3) is 0 Å². The molecule has 1 unspecified atom stereocenters.